The Labute approximate surface area is 107 Å². The minimum atomic E-state index is -3.38. The van der Waals surface area contributed by atoms with Crippen LogP contribution >= 0.6 is 11.6 Å². The highest BCUT2D eigenvalue weighted by molar-refractivity contribution is 7.90. The lowest BCUT2D eigenvalue weighted by Crippen LogP contribution is -2.09. The molecule has 1 rings (SSSR count). The number of benzene rings is 1. The van der Waals surface area contributed by atoms with Crippen molar-refractivity contribution in [3.05, 3.63) is 28.8 Å². The van der Waals surface area contributed by atoms with Gasteiger partial charge in [0, 0.05) is 11.8 Å². The van der Waals surface area contributed by atoms with Crippen molar-refractivity contribution < 1.29 is 13.2 Å². The summed E-state index contributed by atoms with van der Waals surface area (Å²) in [6, 6.07) is 3.23. The molecule has 0 N–H and O–H groups in total. The number of carbonyl (C=O) groups is 1. The zero-order valence-electron chi connectivity index (χ0n) is 10.2. The molecule has 3 nitrogen and oxygen atoms in total. The molecule has 94 valence electrons. The van der Waals surface area contributed by atoms with Gasteiger partial charge in [-0.15, -0.1) is 0 Å². The zero-order valence-corrected chi connectivity index (χ0v) is 11.8. The number of sulfone groups is 1. The Morgan fingerprint density at radius 2 is 1.82 bits per heavy atom. The second kappa shape index (κ2) is 4.78. The number of rotatable bonds is 3. The van der Waals surface area contributed by atoms with E-state index < -0.39 is 15.1 Å². The van der Waals surface area contributed by atoms with Crippen molar-refractivity contribution in [2.75, 3.05) is 6.26 Å². The zero-order chi connectivity index (χ0) is 13.4. The summed E-state index contributed by atoms with van der Waals surface area (Å²) in [6.07, 6.45) is 1.14. The van der Waals surface area contributed by atoms with E-state index in [0.717, 1.165) is 6.26 Å². The fourth-order valence-corrected chi connectivity index (χ4v) is 3.48. The predicted octanol–water partition coefficient (Wildman–Crippen LogP) is 2.90. The molecule has 0 fully saturated rings. The molecule has 0 radical (unpaired) electrons. The molecule has 0 unspecified atom stereocenters. The molecule has 0 saturated carbocycles. The summed E-state index contributed by atoms with van der Waals surface area (Å²) in [5, 5.41) is -0.636. The maximum absolute atomic E-state index is 11.8. The van der Waals surface area contributed by atoms with Crippen molar-refractivity contribution in [1.82, 2.24) is 0 Å². The van der Waals surface area contributed by atoms with E-state index in [-0.39, 0.29) is 16.4 Å². The SMILES string of the molecule is Cc1c(C(=O)Cl)ccc(C(C)C)c1S(C)(=O)=O. The molecular formula is C12H15ClO3S. The molecule has 0 heterocycles. The van der Waals surface area contributed by atoms with Gasteiger partial charge in [0.15, 0.2) is 9.84 Å². The Morgan fingerprint density at radius 3 is 2.18 bits per heavy atom. The monoisotopic (exact) mass is 274 g/mol. The molecule has 0 atom stereocenters. The van der Waals surface area contributed by atoms with Crippen LogP contribution in [0.4, 0.5) is 0 Å². The van der Waals surface area contributed by atoms with Crippen LogP contribution < -0.4 is 0 Å². The molecule has 5 heteroatoms. The van der Waals surface area contributed by atoms with E-state index in [2.05, 4.69) is 0 Å². The van der Waals surface area contributed by atoms with Gasteiger partial charge in [-0.3, -0.25) is 4.79 Å². The summed E-state index contributed by atoms with van der Waals surface area (Å²) in [5.41, 5.74) is 1.39. The van der Waals surface area contributed by atoms with Crippen LogP contribution in [0.2, 0.25) is 0 Å². The topological polar surface area (TPSA) is 51.2 Å². The van der Waals surface area contributed by atoms with E-state index in [1.165, 1.54) is 0 Å². The Morgan fingerprint density at radius 1 is 1.29 bits per heavy atom. The number of carbonyl (C=O) groups excluding carboxylic acids is 1. The second-order valence-electron chi connectivity index (χ2n) is 4.36. The Bertz CT molecular complexity index is 559. The van der Waals surface area contributed by atoms with E-state index in [0.29, 0.717) is 11.1 Å². The molecule has 0 aliphatic carbocycles. The average Bonchev–Trinajstić information content (AvgIpc) is 2.14. The number of halogens is 1. The fourth-order valence-electron chi connectivity index (χ4n) is 1.87. The first kappa shape index (κ1) is 14.2. The van der Waals surface area contributed by atoms with Crippen LogP contribution in [-0.4, -0.2) is 19.9 Å². The van der Waals surface area contributed by atoms with Crippen LogP contribution in [-0.2, 0) is 9.84 Å². The largest absolute Gasteiger partial charge is 0.276 e. The van der Waals surface area contributed by atoms with Gasteiger partial charge in [-0.1, -0.05) is 19.9 Å². The lowest BCUT2D eigenvalue weighted by Gasteiger charge is -2.15. The maximum Gasteiger partial charge on any atom is 0.252 e. The summed E-state index contributed by atoms with van der Waals surface area (Å²) >= 11 is 5.43. The van der Waals surface area contributed by atoms with E-state index >= 15 is 0 Å². The Hall–Kier alpha value is -0.870. The van der Waals surface area contributed by atoms with Crippen molar-refractivity contribution in [2.45, 2.75) is 31.6 Å². The highest BCUT2D eigenvalue weighted by Gasteiger charge is 2.22. The number of hydrogen-bond acceptors (Lipinski definition) is 3. The highest BCUT2D eigenvalue weighted by atomic mass is 35.5. The first-order valence-electron chi connectivity index (χ1n) is 5.19. The molecule has 1 aromatic carbocycles. The van der Waals surface area contributed by atoms with Crippen LogP contribution in [0.5, 0.6) is 0 Å². The summed E-state index contributed by atoms with van der Waals surface area (Å²) < 4.78 is 23.6. The molecule has 0 bridgehead atoms. The molecule has 0 spiro atoms. The highest BCUT2D eigenvalue weighted by Crippen LogP contribution is 2.29. The minimum absolute atomic E-state index is 0.0675. The third kappa shape index (κ3) is 2.87. The van der Waals surface area contributed by atoms with Crippen molar-refractivity contribution in [1.29, 1.82) is 0 Å². The van der Waals surface area contributed by atoms with Crippen LogP contribution in [0.15, 0.2) is 17.0 Å². The van der Waals surface area contributed by atoms with Gasteiger partial charge in [-0.05, 0) is 41.6 Å². The van der Waals surface area contributed by atoms with Crippen molar-refractivity contribution in [3.8, 4) is 0 Å². The van der Waals surface area contributed by atoms with Gasteiger partial charge in [0.1, 0.15) is 0 Å². The van der Waals surface area contributed by atoms with E-state index in [9.17, 15) is 13.2 Å². The Balaban J connectivity index is 3.72. The third-order valence-corrected chi connectivity index (χ3v) is 4.13. The summed E-state index contributed by atoms with van der Waals surface area (Å²) in [4.78, 5) is 11.4. The minimum Gasteiger partial charge on any atom is -0.276 e. The van der Waals surface area contributed by atoms with Crippen LogP contribution in [0, 0.1) is 6.92 Å². The quantitative estimate of drug-likeness (QED) is 0.797. The first-order chi connectivity index (χ1) is 7.66. The fraction of sp³-hybridized carbons (Fsp3) is 0.417. The van der Waals surface area contributed by atoms with Crippen LogP contribution in [0.3, 0.4) is 0 Å². The van der Waals surface area contributed by atoms with E-state index in [1.54, 1.807) is 19.1 Å². The summed E-state index contributed by atoms with van der Waals surface area (Å²) in [5.74, 6) is 0.0675. The van der Waals surface area contributed by atoms with Gasteiger partial charge >= 0.3 is 0 Å². The lowest BCUT2D eigenvalue weighted by atomic mass is 9.98. The molecule has 0 saturated heterocycles. The molecule has 0 aliphatic heterocycles. The van der Waals surface area contributed by atoms with Crippen LogP contribution in [0.1, 0.15) is 41.3 Å². The standard InChI is InChI=1S/C12H15ClO3S/c1-7(2)9-5-6-10(12(13)14)8(3)11(9)17(4,15)16/h5-7H,1-4H3. The van der Waals surface area contributed by atoms with Crippen molar-refractivity contribution in [2.24, 2.45) is 0 Å². The molecule has 17 heavy (non-hydrogen) atoms. The van der Waals surface area contributed by atoms with Gasteiger partial charge in [0.05, 0.1) is 4.90 Å². The van der Waals surface area contributed by atoms with Gasteiger partial charge in [-0.25, -0.2) is 8.42 Å². The van der Waals surface area contributed by atoms with Gasteiger partial charge in [-0.2, -0.15) is 0 Å². The lowest BCUT2D eigenvalue weighted by molar-refractivity contribution is 0.108. The number of hydrogen-bond donors (Lipinski definition) is 0. The van der Waals surface area contributed by atoms with Crippen molar-refractivity contribution in [3.63, 3.8) is 0 Å². The molecular weight excluding hydrogens is 260 g/mol. The summed E-state index contributed by atoms with van der Waals surface area (Å²) in [7, 11) is -3.38. The smallest absolute Gasteiger partial charge is 0.252 e. The van der Waals surface area contributed by atoms with Gasteiger partial charge < -0.3 is 0 Å². The molecule has 0 aliphatic rings. The van der Waals surface area contributed by atoms with Gasteiger partial charge in [0.2, 0.25) is 0 Å². The molecule has 0 aromatic heterocycles. The molecule has 0 amide bonds. The normalized spacial score (nSPS) is 11.9. The average molecular weight is 275 g/mol. The summed E-state index contributed by atoms with van der Waals surface area (Å²) in [6.45, 7) is 5.43. The van der Waals surface area contributed by atoms with E-state index in [1.807, 2.05) is 13.8 Å². The molecule has 1 aromatic rings. The second-order valence-corrected chi connectivity index (χ2v) is 6.65. The maximum atomic E-state index is 11.8. The van der Waals surface area contributed by atoms with Crippen LogP contribution in [0.25, 0.3) is 0 Å². The first-order valence-corrected chi connectivity index (χ1v) is 7.46. The van der Waals surface area contributed by atoms with Gasteiger partial charge in [0.25, 0.3) is 5.24 Å². The third-order valence-electron chi connectivity index (χ3n) is 2.64. The van der Waals surface area contributed by atoms with Crippen molar-refractivity contribution >= 4 is 26.7 Å². The Kier molecular flexibility index (Phi) is 3.99. The predicted molar refractivity (Wildman–Crippen MR) is 68.6 cm³/mol. The van der Waals surface area contributed by atoms with E-state index in [4.69, 9.17) is 11.6 Å².